The van der Waals surface area contributed by atoms with Gasteiger partial charge in [0.25, 0.3) is 0 Å². The highest BCUT2D eigenvalue weighted by Crippen LogP contribution is 2.28. The van der Waals surface area contributed by atoms with Crippen LogP contribution in [0, 0.1) is 0 Å². The quantitative estimate of drug-likeness (QED) is 0.366. The second-order valence-electron chi connectivity index (χ2n) is 7.29. The van der Waals surface area contributed by atoms with Gasteiger partial charge in [0.1, 0.15) is 5.75 Å². The van der Waals surface area contributed by atoms with Gasteiger partial charge in [0.2, 0.25) is 5.91 Å². The van der Waals surface area contributed by atoms with E-state index in [1.165, 1.54) is 11.8 Å². The predicted octanol–water partition coefficient (Wildman–Crippen LogP) is 4.70. The Labute approximate surface area is 197 Å². The first-order valence-electron chi connectivity index (χ1n) is 10.7. The Morgan fingerprint density at radius 3 is 2.45 bits per heavy atom. The summed E-state index contributed by atoms with van der Waals surface area (Å²) in [6.07, 6.45) is 3.44. The first-order valence-corrected chi connectivity index (χ1v) is 11.7. The molecule has 0 radical (unpaired) electrons. The number of aromatic nitrogens is 4. The van der Waals surface area contributed by atoms with E-state index in [1.807, 2.05) is 85.1 Å². The van der Waals surface area contributed by atoms with Crippen molar-refractivity contribution in [3.8, 4) is 22.8 Å². The number of amides is 1. The second-order valence-corrected chi connectivity index (χ2v) is 8.24. The number of hydrogen-bond donors (Lipinski definition) is 1. The zero-order valence-electron chi connectivity index (χ0n) is 18.5. The number of carbonyl (C=O) groups excluding carboxylic acids is 1. The third-order valence-corrected chi connectivity index (χ3v) is 5.92. The molecule has 0 aliphatic carbocycles. The van der Waals surface area contributed by atoms with Crippen molar-refractivity contribution in [1.29, 1.82) is 0 Å². The van der Waals surface area contributed by atoms with Crippen molar-refractivity contribution in [3.63, 3.8) is 0 Å². The van der Waals surface area contributed by atoms with Crippen LogP contribution >= 0.6 is 11.8 Å². The third kappa shape index (κ3) is 5.59. The first kappa shape index (κ1) is 22.5. The molecule has 0 saturated heterocycles. The maximum Gasteiger partial charge on any atom is 0.230 e. The molecule has 168 valence electrons. The summed E-state index contributed by atoms with van der Waals surface area (Å²) < 4.78 is 7.52. The summed E-state index contributed by atoms with van der Waals surface area (Å²) in [5, 5.41) is 12.5. The van der Waals surface area contributed by atoms with E-state index < -0.39 is 0 Å². The normalized spacial score (nSPS) is 11.7. The summed E-state index contributed by atoms with van der Waals surface area (Å²) in [6.45, 7) is 4.53. The van der Waals surface area contributed by atoms with Gasteiger partial charge in [-0.15, -0.1) is 10.2 Å². The van der Waals surface area contributed by atoms with Crippen molar-refractivity contribution in [3.05, 3.63) is 84.7 Å². The van der Waals surface area contributed by atoms with Crippen molar-refractivity contribution >= 4 is 17.7 Å². The highest BCUT2D eigenvalue weighted by molar-refractivity contribution is 7.99. The Kier molecular flexibility index (Phi) is 7.36. The molecule has 4 rings (SSSR count). The molecule has 1 atom stereocenters. The molecule has 7 nitrogen and oxygen atoms in total. The summed E-state index contributed by atoms with van der Waals surface area (Å²) in [7, 11) is 0. The van der Waals surface area contributed by atoms with Gasteiger partial charge in [-0.3, -0.25) is 14.3 Å². The van der Waals surface area contributed by atoms with Gasteiger partial charge in [-0.2, -0.15) is 0 Å². The lowest BCUT2D eigenvalue weighted by atomic mass is 10.1. The molecule has 4 aromatic rings. The highest BCUT2D eigenvalue weighted by atomic mass is 32.2. The number of pyridine rings is 1. The average Bonchev–Trinajstić information content (AvgIpc) is 3.28. The Balaban J connectivity index is 1.55. The van der Waals surface area contributed by atoms with E-state index in [0.29, 0.717) is 17.6 Å². The van der Waals surface area contributed by atoms with Crippen molar-refractivity contribution < 1.29 is 9.53 Å². The lowest BCUT2D eigenvalue weighted by Gasteiger charge is -2.14. The van der Waals surface area contributed by atoms with Crippen molar-refractivity contribution in [2.45, 2.75) is 25.0 Å². The van der Waals surface area contributed by atoms with Crippen LogP contribution in [0.3, 0.4) is 0 Å². The lowest BCUT2D eigenvalue weighted by molar-refractivity contribution is -0.119. The van der Waals surface area contributed by atoms with Crippen molar-refractivity contribution in [1.82, 2.24) is 25.1 Å². The molecule has 2 aromatic heterocycles. The minimum atomic E-state index is -0.0735. The predicted molar refractivity (Wildman–Crippen MR) is 129 cm³/mol. The van der Waals surface area contributed by atoms with Crippen LogP contribution in [-0.2, 0) is 4.79 Å². The number of nitrogens with one attached hydrogen (secondary N) is 1. The molecule has 0 spiro atoms. The van der Waals surface area contributed by atoms with Crippen LogP contribution in [0.2, 0.25) is 0 Å². The molecule has 2 aromatic carbocycles. The van der Waals surface area contributed by atoms with E-state index in [1.54, 1.807) is 12.4 Å². The molecule has 0 saturated carbocycles. The van der Waals surface area contributed by atoms with Crippen molar-refractivity contribution in [2.75, 3.05) is 12.4 Å². The molecule has 1 amide bonds. The Morgan fingerprint density at radius 1 is 1.03 bits per heavy atom. The van der Waals surface area contributed by atoms with E-state index in [9.17, 15) is 4.79 Å². The fourth-order valence-electron chi connectivity index (χ4n) is 3.38. The number of thioether (sulfide) groups is 1. The summed E-state index contributed by atoms with van der Waals surface area (Å²) in [4.78, 5) is 16.7. The van der Waals surface area contributed by atoms with Crippen LogP contribution in [0.5, 0.6) is 5.75 Å². The van der Waals surface area contributed by atoms with Crippen molar-refractivity contribution in [2.24, 2.45) is 0 Å². The second kappa shape index (κ2) is 10.8. The molecule has 1 unspecified atom stereocenters. The van der Waals surface area contributed by atoms with Crippen LogP contribution in [0.25, 0.3) is 17.1 Å². The summed E-state index contributed by atoms with van der Waals surface area (Å²) in [6, 6.07) is 21.3. The van der Waals surface area contributed by atoms with Crippen LogP contribution in [0.1, 0.15) is 25.5 Å². The Bertz CT molecular complexity index is 1180. The Hall–Kier alpha value is -3.65. The number of carbonyl (C=O) groups is 1. The molecule has 8 heteroatoms. The van der Waals surface area contributed by atoms with E-state index in [0.717, 1.165) is 22.6 Å². The topological polar surface area (TPSA) is 81.9 Å². The number of rotatable bonds is 9. The molecule has 1 N–H and O–H groups in total. The summed E-state index contributed by atoms with van der Waals surface area (Å²) in [5.41, 5.74) is 2.84. The van der Waals surface area contributed by atoms with E-state index in [-0.39, 0.29) is 17.7 Å². The SMILES string of the molecule is CCOc1ccc(-n2c(SCC(=O)NC(C)c3ccccc3)nnc2-c2ccncc2)cc1. The standard InChI is InChI=1S/C25H25N5O2S/c1-3-32-22-11-9-21(10-12-22)30-24(20-13-15-26-16-14-20)28-29-25(30)33-17-23(31)27-18(2)19-7-5-4-6-8-19/h4-16,18H,3,17H2,1-2H3,(H,27,31). The van der Waals surface area contributed by atoms with E-state index in [2.05, 4.69) is 20.5 Å². The zero-order valence-corrected chi connectivity index (χ0v) is 19.3. The molecule has 0 bridgehead atoms. The molecule has 2 heterocycles. The van der Waals surface area contributed by atoms with Gasteiger partial charge in [-0.25, -0.2) is 0 Å². The monoisotopic (exact) mass is 459 g/mol. The van der Waals surface area contributed by atoms with Gasteiger partial charge in [-0.05, 0) is 55.8 Å². The highest BCUT2D eigenvalue weighted by Gasteiger charge is 2.18. The van der Waals surface area contributed by atoms with Gasteiger partial charge in [0.05, 0.1) is 18.4 Å². The number of nitrogens with zero attached hydrogens (tertiary/aromatic N) is 4. The average molecular weight is 460 g/mol. The summed E-state index contributed by atoms with van der Waals surface area (Å²) in [5.74, 6) is 1.64. The lowest BCUT2D eigenvalue weighted by Crippen LogP contribution is -2.28. The van der Waals surface area contributed by atoms with Crippen LogP contribution < -0.4 is 10.1 Å². The zero-order chi connectivity index (χ0) is 23.0. The largest absolute Gasteiger partial charge is 0.494 e. The van der Waals surface area contributed by atoms with Crippen LogP contribution in [-0.4, -0.2) is 38.0 Å². The molecular weight excluding hydrogens is 434 g/mol. The first-order chi connectivity index (χ1) is 16.2. The fourth-order valence-corrected chi connectivity index (χ4v) is 4.14. The molecular formula is C25H25N5O2S. The number of hydrogen-bond acceptors (Lipinski definition) is 6. The summed E-state index contributed by atoms with van der Waals surface area (Å²) >= 11 is 1.35. The molecule has 0 aliphatic rings. The minimum Gasteiger partial charge on any atom is -0.494 e. The van der Waals surface area contributed by atoms with Gasteiger partial charge in [0, 0.05) is 23.6 Å². The van der Waals surface area contributed by atoms with Gasteiger partial charge < -0.3 is 10.1 Å². The van der Waals surface area contributed by atoms with Crippen LogP contribution in [0.15, 0.2) is 84.3 Å². The number of ether oxygens (including phenoxy) is 1. The van der Waals surface area contributed by atoms with Gasteiger partial charge >= 0.3 is 0 Å². The maximum atomic E-state index is 12.6. The molecule has 33 heavy (non-hydrogen) atoms. The van der Waals surface area contributed by atoms with E-state index >= 15 is 0 Å². The third-order valence-electron chi connectivity index (χ3n) is 4.99. The van der Waals surface area contributed by atoms with Crippen LogP contribution in [0.4, 0.5) is 0 Å². The smallest absolute Gasteiger partial charge is 0.230 e. The Morgan fingerprint density at radius 2 is 1.76 bits per heavy atom. The van der Waals surface area contributed by atoms with E-state index in [4.69, 9.17) is 4.74 Å². The maximum absolute atomic E-state index is 12.6. The fraction of sp³-hybridized carbons (Fsp3) is 0.200. The minimum absolute atomic E-state index is 0.0666. The number of benzene rings is 2. The van der Waals surface area contributed by atoms with Gasteiger partial charge in [0.15, 0.2) is 11.0 Å². The molecule has 0 fully saturated rings. The van der Waals surface area contributed by atoms with Gasteiger partial charge in [-0.1, -0.05) is 42.1 Å². The molecule has 0 aliphatic heterocycles.